The predicted molar refractivity (Wildman–Crippen MR) is 243 cm³/mol. The van der Waals surface area contributed by atoms with E-state index in [1.165, 1.54) is 13.8 Å². The Hall–Kier alpha value is -6.42. The van der Waals surface area contributed by atoms with Crippen LogP contribution in [0.5, 0.6) is 11.5 Å². The molecule has 4 rings (SSSR count). The number of nitrogens with zero attached hydrogens (tertiary/aromatic N) is 3. The largest absolute Gasteiger partial charge is 0.492 e. The fraction of sp³-hybridized carbons (Fsp3) is 0.404. The van der Waals surface area contributed by atoms with Crippen LogP contribution in [0, 0.1) is 0 Å². The van der Waals surface area contributed by atoms with E-state index in [1.807, 2.05) is 60.7 Å². The predicted octanol–water partition coefficient (Wildman–Crippen LogP) is 8.83. The van der Waals surface area contributed by atoms with Crippen molar-refractivity contribution in [1.82, 2.24) is 10.6 Å². The summed E-state index contributed by atoms with van der Waals surface area (Å²) in [5.41, 5.74) is 10.3. The van der Waals surface area contributed by atoms with Crippen LogP contribution in [0.15, 0.2) is 114 Å². The van der Waals surface area contributed by atoms with Gasteiger partial charge in [-0.3, -0.25) is 13.8 Å². The van der Waals surface area contributed by atoms with Gasteiger partial charge in [-0.2, -0.15) is 8.42 Å². The second-order valence-corrected chi connectivity index (χ2v) is 18.3. The molecule has 0 saturated heterocycles. The maximum absolute atomic E-state index is 12.5. The van der Waals surface area contributed by atoms with Gasteiger partial charge in [0, 0.05) is 11.0 Å². The highest BCUT2D eigenvalue weighted by Crippen LogP contribution is 2.22. The zero-order valence-corrected chi connectivity index (χ0v) is 38.6. The second kappa shape index (κ2) is 24.4. The third kappa shape index (κ3) is 19.7. The van der Waals surface area contributed by atoms with Crippen molar-refractivity contribution in [3.05, 3.63) is 142 Å². The van der Waals surface area contributed by atoms with E-state index in [4.69, 9.17) is 28.7 Å². The van der Waals surface area contributed by atoms with E-state index in [0.717, 1.165) is 17.4 Å². The standard InChI is InChI=1S/C24H31NO7S.C23H28N4O4/c1-17(26)19-13-9-10-14-21(19)30-16-22(32-33(5,28)29)20(15-18-11-7-6-8-12-18)25-23(27)31-24(2,3)4;1-16(28)18-12-8-9-13-21(18)30-15-20(26-27-24)19(14-17-10-6-5-7-11-17)25-22(29)31-23(2,3)4/h6-14,20,22H,15-16H2,1-5H3,(H,25,27);5-13,19-20H,14-15H2,1-4H3,(H,25,29)/t20-,22-;19-,20+/m00/s1. The summed E-state index contributed by atoms with van der Waals surface area (Å²) in [6, 6.07) is 30.1. The van der Waals surface area contributed by atoms with Crippen LogP contribution in [0.4, 0.5) is 9.59 Å². The van der Waals surface area contributed by atoms with E-state index >= 15 is 0 Å². The number of azide groups is 1. The van der Waals surface area contributed by atoms with E-state index < -0.39 is 57.7 Å². The van der Waals surface area contributed by atoms with Crippen molar-refractivity contribution < 1.29 is 50.7 Å². The number of carbonyl (C=O) groups excluding carboxylic acids is 4. The number of ketones is 2. The minimum absolute atomic E-state index is 0.0261. The van der Waals surface area contributed by atoms with Crippen molar-refractivity contribution in [1.29, 1.82) is 0 Å². The van der Waals surface area contributed by atoms with Crippen molar-refractivity contribution in [2.75, 3.05) is 19.5 Å². The number of hydrogen-bond donors (Lipinski definition) is 2. The number of rotatable bonds is 19. The highest BCUT2D eigenvalue weighted by molar-refractivity contribution is 7.86. The molecule has 0 aromatic heterocycles. The summed E-state index contributed by atoms with van der Waals surface area (Å²) < 4.78 is 51.7. The topological polar surface area (TPSA) is 221 Å². The molecule has 0 aliphatic carbocycles. The van der Waals surface area contributed by atoms with Gasteiger partial charge in [-0.1, -0.05) is 90.0 Å². The van der Waals surface area contributed by atoms with Gasteiger partial charge in [-0.25, -0.2) is 9.59 Å². The molecular weight excluding hydrogens is 843 g/mol. The summed E-state index contributed by atoms with van der Waals surface area (Å²) in [5, 5.41) is 9.39. The van der Waals surface area contributed by atoms with Crippen LogP contribution in [0.2, 0.25) is 0 Å². The quantitative estimate of drug-likeness (QED) is 0.0297. The van der Waals surface area contributed by atoms with Crippen LogP contribution < -0.4 is 20.1 Å². The van der Waals surface area contributed by atoms with Gasteiger partial charge in [0.15, 0.2) is 11.6 Å². The van der Waals surface area contributed by atoms with Crippen molar-refractivity contribution >= 4 is 33.9 Å². The van der Waals surface area contributed by atoms with Gasteiger partial charge < -0.3 is 29.6 Å². The molecule has 17 heteroatoms. The maximum atomic E-state index is 12.5. The van der Waals surface area contributed by atoms with Gasteiger partial charge in [0.25, 0.3) is 10.1 Å². The molecule has 0 radical (unpaired) electrons. The minimum Gasteiger partial charge on any atom is -0.492 e. The molecule has 0 aliphatic heterocycles. The first-order chi connectivity index (χ1) is 30.0. The number of nitrogens with one attached hydrogen (secondary N) is 2. The smallest absolute Gasteiger partial charge is 0.407 e. The number of para-hydroxylation sites is 2. The van der Waals surface area contributed by atoms with Gasteiger partial charge in [-0.15, -0.1) is 0 Å². The van der Waals surface area contributed by atoms with Crippen LogP contribution in [0.1, 0.15) is 87.2 Å². The van der Waals surface area contributed by atoms with Crippen LogP contribution in [-0.2, 0) is 36.6 Å². The minimum atomic E-state index is -3.90. The Labute approximate surface area is 375 Å². The summed E-state index contributed by atoms with van der Waals surface area (Å²) in [6.07, 6.45) is -0.825. The molecule has 4 atom stereocenters. The number of amides is 2. The Balaban J connectivity index is 0.000000341. The third-order valence-electron chi connectivity index (χ3n) is 8.76. The highest BCUT2D eigenvalue weighted by atomic mass is 32.2. The monoisotopic (exact) mass is 901 g/mol. The van der Waals surface area contributed by atoms with Gasteiger partial charge in [0.1, 0.15) is 35.4 Å². The average Bonchev–Trinajstić information content (AvgIpc) is 3.20. The Morgan fingerprint density at radius 2 is 1.02 bits per heavy atom. The van der Waals surface area contributed by atoms with E-state index in [-0.39, 0.29) is 31.2 Å². The van der Waals surface area contributed by atoms with Gasteiger partial charge in [-0.05, 0) is 109 Å². The molecule has 344 valence electrons. The van der Waals surface area contributed by atoms with Crippen LogP contribution in [0.3, 0.4) is 0 Å². The Morgan fingerprint density at radius 3 is 1.42 bits per heavy atom. The first-order valence-corrected chi connectivity index (χ1v) is 22.3. The van der Waals surface area contributed by atoms with E-state index in [1.54, 1.807) is 90.1 Å². The summed E-state index contributed by atoms with van der Waals surface area (Å²) in [5.74, 6) is 0.356. The number of benzene rings is 4. The van der Waals surface area contributed by atoms with Crippen molar-refractivity contribution in [2.45, 2.75) is 104 Å². The molecule has 64 heavy (non-hydrogen) atoms. The number of Topliss-reactive ketones (excluding diaryl/α,β-unsaturated/α-hetero) is 2. The first kappa shape index (κ1) is 51.9. The van der Waals surface area contributed by atoms with Crippen molar-refractivity contribution in [3.8, 4) is 11.5 Å². The third-order valence-corrected chi connectivity index (χ3v) is 9.35. The molecule has 0 heterocycles. The van der Waals surface area contributed by atoms with E-state index in [0.29, 0.717) is 29.0 Å². The normalized spacial score (nSPS) is 13.2. The van der Waals surface area contributed by atoms with E-state index in [2.05, 4.69) is 20.7 Å². The lowest BCUT2D eigenvalue weighted by atomic mass is 10.0. The molecule has 0 aliphatic rings. The average molecular weight is 902 g/mol. The number of ether oxygens (including phenoxy) is 4. The molecule has 0 spiro atoms. The first-order valence-electron chi connectivity index (χ1n) is 20.5. The molecule has 16 nitrogen and oxygen atoms in total. The zero-order chi connectivity index (χ0) is 47.5. The summed E-state index contributed by atoms with van der Waals surface area (Å²) >= 11 is 0. The lowest BCUT2D eigenvalue weighted by Gasteiger charge is -2.29. The Morgan fingerprint density at radius 1 is 0.625 bits per heavy atom. The van der Waals surface area contributed by atoms with Gasteiger partial charge >= 0.3 is 12.2 Å². The highest BCUT2D eigenvalue weighted by Gasteiger charge is 2.31. The fourth-order valence-electron chi connectivity index (χ4n) is 6.06. The lowest BCUT2D eigenvalue weighted by molar-refractivity contribution is 0.0404. The number of carbonyl (C=O) groups is 4. The molecule has 0 bridgehead atoms. The Kier molecular flexibility index (Phi) is 19.8. The van der Waals surface area contributed by atoms with E-state index in [9.17, 15) is 27.6 Å². The molecule has 2 N–H and O–H groups in total. The van der Waals surface area contributed by atoms with Crippen LogP contribution >= 0.6 is 0 Å². The van der Waals surface area contributed by atoms with Crippen molar-refractivity contribution in [3.63, 3.8) is 0 Å². The molecule has 4 aromatic rings. The lowest BCUT2D eigenvalue weighted by Crippen LogP contribution is -2.50. The molecule has 0 fully saturated rings. The van der Waals surface area contributed by atoms with Crippen LogP contribution in [-0.4, -0.2) is 87.1 Å². The number of alkyl carbamates (subject to hydrolysis) is 2. The zero-order valence-electron chi connectivity index (χ0n) is 37.8. The summed E-state index contributed by atoms with van der Waals surface area (Å²) in [7, 11) is -3.90. The van der Waals surface area contributed by atoms with Gasteiger partial charge in [0.2, 0.25) is 0 Å². The molecule has 0 saturated carbocycles. The maximum Gasteiger partial charge on any atom is 0.407 e. The molecule has 2 amide bonds. The molecular formula is C47H59N5O11S. The molecule has 0 unspecified atom stereocenters. The summed E-state index contributed by atoms with van der Waals surface area (Å²) in [4.78, 5) is 51.7. The fourth-order valence-corrected chi connectivity index (χ4v) is 6.70. The Bertz CT molecular complexity index is 2310. The number of hydrogen-bond acceptors (Lipinski definition) is 12. The van der Waals surface area contributed by atoms with Gasteiger partial charge in [0.05, 0.1) is 36.1 Å². The summed E-state index contributed by atoms with van der Waals surface area (Å²) in [6.45, 7) is 13.1. The second-order valence-electron chi connectivity index (χ2n) is 16.7. The molecule has 4 aromatic carbocycles. The van der Waals surface area contributed by atoms with Crippen molar-refractivity contribution in [2.24, 2.45) is 5.11 Å². The SMILES string of the molecule is CC(=O)c1ccccc1OC[C@@H](N=[N+]=[N-])[C@H](Cc1ccccc1)NC(=O)OC(C)(C)C.CC(=O)c1ccccc1OC[C@H](OS(C)(=O)=O)[C@H](Cc1ccccc1)NC(=O)OC(C)(C)C. The van der Waals surface area contributed by atoms with Crippen LogP contribution in [0.25, 0.3) is 10.4 Å².